The van der Waals surface area contributed by atoms with Gasteiger partial charge in [0, 0.05) is 18.2 Å². The molecule has 0 unspecified atom stereocenters. The number of ether oxygens (including phenoxy) is 2. The number of alkyl halides is 6. The van der Waals surface area contributed by atoms with E-state index in [1.807, 2.05) is 26.0 Å². The SMILES string of the molecule is CNC(=O)c1cc(-c2ccc(C(=O)O)c(C(=O)Nc3ccc(Oc4c(C)cc(C(C)(C)c5cc(C)c(Oc6ccc(C)cc6C(F)(F)F)c(C)c5)cc4C)c(C(F)(F)F)c3)c2)ccc1C(=O)O. The van der Waals surface area contributed by atoms with Gasteiger partial charge < -0.3 is 30.3 Å². The van der Waals surface area contributed by atoms with Crippen LogP contribution in [0.25, 0.3) is 11.1 Å². The fourth-order valence-electron chi connectivity index (χ4n) is 7.73. The molecule has 10 nitrogen and oxygen atoms in total. The van der Waals surface area contributed by atoms with Crippen LogP contribution in [-0.2, 0) is 17.8 Å². The number of nitrogens with one attached hydrogen (secondary N) is 2. The first-order valence-corrected chi connectivity index (χ1v) is 20.5. The van der Waals surface area contributed by atoms with Crippen molar-refractivity contribution in [1.82, 2.24) is 5.32 Å². The lowest BCUT2D eigenvalue weighted by molar-refractivity contribution is -0.139. The molecule has 0 spiro atoms. The van der Waals surface area contributed by atoms with Crippen LogP contribution in [0, 0.1) is 34.6 Å². The smallest absolute Gasteiger partial charge is 0.420 e. The number of carbonyl (C=O) groups is 4. The minimum atomic E-state index is -4.99. The number of anilines is 1. The van der Waals surface area contributed by atoms with Gasteiger partial charge in [-0.3, -0.25) is 9.59 Å². The molecule has 348 valence electrons. The Labute approximate surface area is 381 Å². The van der Waals surface area contributed by atoms with Crippen LogP contribution in [0.15, 0.2) is 97.1 Å². The Hall–Kier alpha value is -7.62. The summed E-state index contributed by atoms with van der Waals surface area (Å²) in [5, 5.41) is 24.1. The molecule has 0 aliphatic rings. The molecular formula is C51H44F6N2O8. The predicted molar refractivity (Wildman–Crippen MR) is 239 cm³/mol. The highest BCUT2D eigenvalue weighted by Gasteiger charge is 2.37. The van der Waals surface area contributed by atoms with Crippen LogP contribution in [0.2, 0.25) is 0 Å². The van der Waals surface area contributed by atoms with E-state index in [-0.39, 0.29) is 45.2 Å². The summed E-state index contributed by atoms with van der Waals surface area (Å²) in [6.07, 6.45) is -9.63. The second kappa shape index (κ2) is 18.3. The highest BCUT2D eigenvalue weighted by atomic mass is 19.4. The van der Waals surface area contributed by atoms with E-state index in [9.17, 15) is 55.7 Å². The molecule has 0 atom stereocenters. The van der Waals surface area contributed by atoms with Gasteiger partial charge in [-0.2, -0.15) is 26.3 Å². The maximum atomic E-state index is 14.7. The Morgan fingerprint density at radius 3 is 1.31 bits per heavy atom. The molecule has 0 aliphatic heterocycles. The van der Waals surface area contributed by atoms with Gasteiger partial charge in [-0.25, -0.2) is 9.59 Å². The third-order valence-electron chi connectivity index (χ3n) is 11.3. The number of carboxylic acid groups (broad SMARTS) is 2. The molecule has 6 rings (SSSR count). The molecule has 16 heteroatoms. The highest BCUT2D eigenvalue weighted by molar-refractivity contribution is 6.12. The molecule has 67 heavy (non-hydrogen) atoms. The summed E-state index contributed by atoms with van der Waals surface area (Å²) in [7, 11) is 1.30. The standard InChI is InChI=1S/C51H44F6N2O8/c1-25-9-15-41(39(17-25)50(52,53)54)66-43-26(2)18-32(19-27(43)3)49(6,7)33-20-28(4)44(29(5)21-33)67-42-16-12-34(24-40(42)51(55,56)57)59-46(61)38-23-31(11-14-36(38)48(64)65)30-10-13-35(47(62)63)37(22-30)45(60)58-8/h9-24H,1-8H3,(H,58,60)(H,59,61)(H,62,63)(H,64,65). The normalized spacial score (nSPS) is 11.8. The molecule has 0 fully saturated rings. The quantitative estimate of drug-likeness (QED) is 0.0886. The van der Waals surface area contributed by atoms with Crippen molar-refractivity contribution in [1.29, 1.82) is 0 Å². The summed E-state index contributed by atoms with van der Waals surface area (Å²) in [5.74, 6) is -5.18. The van der Waals surface area contributed by atoms with Gasteiger partial charge in [-0.15, -0.1) is 0 Å². The summed E-state index contributed by atoms with van der Waals surface area (Å²) in [5.41, 5.74) is -0.0540. The van der Waals surface area contributed by atoms with Crippen molar-refractivity contribution >= 4 is 29.4 Å². The monoisotopic (exact) mass is 926 g/mol. The van der Waals surface area contributed by atoms with Gasteiger partial charge >= 0.3 is 24.3 Å². The van der Waals surface area contributed by atoms with Crippen LogP contribution in [0.4, 0.5) is 32.0 Å². The second-order valence-corrected chi connectivity index (χ2v) is 16.6. The number of aryl methyl sites for hydroxylation is 5. The van der Waals surface area contributed by atoms with Crippen molar-refractivity contribution in [3.63, 3.8) is 0 Å². The van der Waals surface area contributed by atoms with E-state index < -0.39 is 69.5 Å². The van der Waals surface area contributed by atoms with E-state index in [0.29, 0.717) is 33.9 Å². The van der Waals surface area contributed by atoms with Gasteiger partial charge in [-0.1, -0.05) is 61.9 Å². The molecule has 0 aromatic heterocycles. The number of carboxylic acids is 2. The largest absolute Gasteiger partial charge is 0.478 e. The predicted octanol–water partition coefficient (Wildman–Crippen LogP) is 12.9. The Bertz CT molecular complexity index is 2950. The molecule has 0 aliphatic carbocycles. The fraction of sp³-hybridized carbons (Fsp3) is 0.216. The van der Waals surface area contributed by atoms with Crippen molar-refractivity contribution in [3.8, 4) is 34.1 Å². The Morgan fingerprint density at radius 2 is 0.910 bits per heavy atom. The Morgan fingerprint density at radius 1 is 0.507 bits per heavy atom. The van der Waals surface area contributed by atoms with Gasteiger partial charge in [0.25, 0.3) is 11.8 Å². The molecule has 0 saturated heterocycles. The van der Waals surface area contributed by atoms with Crippen LogP contribution in [0.5, 0.6) is 23.0 Å². The van der Waals surface area contributed by atoms with Crippen LogP contribution in [0.1, 0.15) is 105 Å². The van der Waals surface area contributed by atoms with Crippen LogP contribution in [0.3, 0.4) is 0 Å². The van der Waals surface area contributed by atoms with Crippen LogP contribution in [-0.4, -0.2) is 41.0 Å². The van der Waals surface area contributed by atoms with E-state index >= 15 is 0 Å². The molecule has 0 saturated carbocycles. The molecule has 4 N–H and O–H groups in total. The van der Waals surface area contributed by atoms with Crippen molar-refractivity contribution in [2.24, 2.45) is 0 Å². The lowest BCUT2D eigenvalue weighted by atomic mass is 9.76. The van der Waals surface area contributed by atoms with Gasteiger partial charge in [-0.05, 0) is 134 Å². The maximum Gasteiger partial charge on any atom is 0.420 e. The summed E-state index contributed by atoms with van der Waals surface area (Å²) in [6.45, 7) is 12.2. The first-order chi connectivity index (χ1) is 31.2. The number of amides is 2. The van der Waals surface area contributed by atoms with E-state index in [4.69, 9.17) is 9.47 Å². The third kappa shape index (κ3) is 10.3. The fourth-order valence-corrected chi connectivity index (χ4v) is 7.73. The number of benzene rings is 6. The average molecular weight is 927 g/mol. The number of rotatable bonds is 12. The first kappa shape index (κ1) is 48.8. The molecule has 0 bridgehead atoms. The lowest BCUT2D eigenvalue weighted by Crippen LogP contribution is -2.21. The molecular weight excluding hydrogens is 883 g/mol. The number of hydrogen-bond donors (Lipinski definition) is 4. The summed E-state index contributed by atoms with van der Waals surface area (Å²) in [6, 6.07) is 21.2. The molecule has 6 aromatic rings. The lowest BCUT2D eigenvalue weighted by Gasteiger charge is -2.29. The molecule has 6 aromatic carbocycles. The molecule has 0 radical (unpaired) electrons. The van der Waals surface area contributed by atoms with Crippen molar-refractivity contribution < 1.29 is 65.2 Å². The molecule has 0 heterocycles. The van der Waals surface area contributed by atoms with Gasteiger partial charge in [0.1, 0.15) is 28.6 Å². The van der Waals surface area contributed by atoms with Gasteiger partial charge in [0.2, 0.25) is 0 Å². The zero-order valence-electron chi connectivity index (χ0n) is 37.3. The number of carbonyl (C=O) groups excluding carboxylic acids is 2. The van der Waals surface area contributed by atoms with Crippen molar-refractivity contribution in [2.75, 3.05) is 12.4 Å². The Kier molecular flexibility index (Phi) is 13.4. The van der Waals surface area contributed by atoms with E-state index in [1.165, 1.54) is 43.4 Å². The van der Waals surface area contributed by atoms with Crippen LogP contribution >= 0.6 is 0 Å². The zero-order chi connectivity index (χ0) is 49.5. The van der Waals surface area contributed by atoms with E-state index in [2.05, 4.69) is 10.6 Å². The van der Waals surface area contributed by atoms with E-state index in [0.717, 1.165) is 41.5 Å². The minimum absolute atomic E-state index is 0.135. The number of aromatic carboxylic acids is 2. The average Bonchev–Trinajstić information content (AvgIpc) is 3.25. The summed E-state index contributed by atoms with van der Waals surface area (Å²) < 4.78 is 97.7. The highest BCUT2D eigenvalue weighted by Crippen LogP contribution is 2.45. The van der Waals surface area contributed by atoms with Crippen LogP contribution < -0.4 is 20.1 Å². The Balaban J connectivity index is 1.28. The minimum Gasteiger partial charge on any atom is -0.478 e. The second-order valence-electron chi connectivity index (χ2n) is 16.6. The number of halogens is 6. The van der Waals surface area contributed by atoms with Crippen molar-refractivity contribution in [3.05, 3.63) is 169 Å². The zero-order valence-corrected chi connectivity index (χ0v) is 37.3. The molecule has 2 amide bonds. The third-order valence-corrected chi connectivity index (χ3v) is 11.3. The van der Waals surface area contributed by atoms with Gasteiger partial charge in [0.05, 0.1) is 27.8 Å². The summed E-state index contributed by atoms with van der Waals surface area (Å²) in [4.78, 5) is 50.0. The maximum absolute atomic E-state index is 14.7. The first-order valence-electron chi connectivity index (χ1n) is 20.5. The topological polar surface area (TPSA) is 151 Å². The number of hydrogen-bond acceptors (Lipinski definition) is 6. The van der Waals surface area contributed by atoms with E-state index in [1.54, 1.807) is 46.8 Å². The van der Waals surface area contributed by atoms with Gasteiger partial charge in [0.15, 0.2) is 0 Å². The summed E-state index contributed by atoms with van der Waals surface area (Å²) >= 11 is 0. The van der Waals surface area contributed by atoms with Crippen molar-refractivity contribution in [2.45, 2.75) is 66.2 Å².